The highest BCUT2D eigenvalue weighted by atomic mass is 32.1. The zero-order valence-corrected chi connectivity index (χ0v) is 20.8. The smallest absolute Gasteiger partial charge is 0.335 e. The molecule has 0 spiro atoms. The molecule has 4 aromatic rings. The summed E-state index contributed by atoms with van der Waals surface area (Å²) in [6, 6.07) is 10.8. The van der Waals surface area contributed by atoms with E-state index >= 15 is 0 Å². The SMILES string of the molecule is Cc1ccccc1-c1noc(C2CC2)c1COC1CC[C@@H](Cc2nc3c(F)cc(C(=O)O)cc3s2)C1. The van der Waals surface area contributed by atoms with Crippen molar-refractivity contribution in [2.75, 3.05) is 0 Å². The minimum Gasteiger partial charge on any atom is -0.478 e. The summed E-state index contributed by atoms with van der Waals surface area (Å²) in [6.45, 7) is 2.57. The Balaban J connectivity index is 1.13. The molecule has 8 heteroatoms. The fourth-order valence-electron chi connectivity index (χ4n) is 5.24. The second-order valence-corrected chi connectivity index (χ2v) is 11.1. The maximum atomic E-state index is 14.4. The van der Waals surface area contributed by atoms with E-state index in [-0.39, 0.29) is 17.2 Å². The van der Waals surface area contributed by atoms with E-state index in [0.29, 0.717) is 23.1 Å². The number of carboxylic acids is 1. The highest BCUT2D eigenvalue weighted by Gasteiger charge is 2.34. The van der Waals surface area contributed by atoms with Crippen molar-refractivity contribution in [3.63, 3.8) is 0 Å². The van der Waals surface area contributed by atoms with E-state index in [1.807, 2.05) is 12.1 Å². The lowest BCUT2D eigenvalue weighted by molar-refractivity contribution is 0.0424. The summed E-state index contributed by atoms with van der Waals surface area (Å²) >= 11 is 1.38. The Kier molecular flexibility index (Phi) is 6.09. The third kappa shape index (κ3) is 4.55. The van der Waals surface area contributed by atoms with Crippen molar-refractivity contribution < 1.29 is 23.6 Å². The van der Waals surface area contributed by atoms with Crippen molar-refractivity contribution in [1.29, 1.82) is 0 Å². The highest BCUT2D eigenvalue weighted by molar-refractivity contribution is 7.18. The molecule has 0 bridgehead atoms. The van der Waals surface area contributed by atoms with E-state index in [1.54, 1.807) is 0 Å². The van der Waals surface area contributed by atoms with Gasteiger partial charge in [0.2, 0.25) is 0 Å². The number of halogens is 1. The first-order valence-corrected chi connectivity index (χ1v) is 13.3. The van der Waals surface area contributed by atoms with E-state index in [2.05, 4.69) is 29.2 Å². The van der Waals surface area contributed by atoms with Gasteiger partial charge in [-0.15, -0.1) is 11.3 Å². The van der Waals surface area contributed by atoms with Crippen molar-refractivity contribution in [1.82, 2.24) is 10.1 Å². The lowest BCUT2D eigenvalue weighted by Crippen LogP contribution is -2.10. The Labute approximate surface area is 212 Å². The molecule has 2 fully saturated rings. The Morgan fingerprint density at radius 3 is 2.83 bits per heavy atom. The van der Waals surface area contributed by atoms with Crippen LogP contribution in [0.25, 0.3) is 21.5 Å². The number of aryl methyl sites for hydroxylation is 1. The van der Waals surface area contributed by atoms with Gasteiger partial charge in [-0.2, -0.15) is 0 Å². The summed E-state index contributed by atoms with van der Waals surface area (Å²) in [5, 5.41) is 14.5. The van der Waals surface area contributed by atoms with Gasteiger partial charge in [-0.1, -0.05) is 29.4 Å². The fourth-order valence-corrected chi connectivity index (χ4v) is 6.37. The molecule has 0 saturated heterocycles. The Morgan fingerprint density at radius 2 is 2.06 bits per heavy atom. The number of hydrogen-bond donors (Lipinski definition) is 1. The summed E-state index contributed by atoms with van der Waals surface area (Å²) in [6.07, 6.45) is 6.07. The van der Waals surface area contributed by atoms with E-state index in [0.717, 1.165) is 77.7 Å². The molecule has 2 aliphatic rings. The second kappa shape index (κ2) is 9.41. The third-order valence-electron chi connectivity index (χ3n) is 7.33. The molecule has 2 aromatic carbocycles. The number of carbonyl (C=O) groups is 1. The van der Waals surface area contributed by atoms with Crippen LogP contribution in [-0.2, 0) is 17.8 Å². The molecule has 0 radical (unpaired) electrons. The van der Waals surface area contributed by atoms with Gasteiger partial charge in [0.25, 0.3) is 0 Å². The van der Waals surface area contributed by atoms with Gasteiger partial charge in [-0.3, -0.25) is 0 Å². The topological polar surface area (TPSA) is 85.5 Å². The molecule has 2 atom stereocenters. The van der Waals surface area contributed by atoms with Gasteiger partial charge in [-0.05, 0) is 62.6 Å². The van der Waals surface area contributed by atoms with E-state index in [1.165, 1.54) is 17.4 Å². The van der Waals surface area contributed by atoms with Gasteiger partial charge in [0.1, 0.15) is 17.0 Å². The van der Waals surface area contributed by atoms with Crippen LogP contribution in [0.3, 0.4) is 0 Å². The van der Waals surface area contributed by atoms with Crippen LogP contribution in [0.4, 0.5) is 4.39 Å². The average Bonchev–Trinajstić information content (AvgIpc) is 3.25. The summed E-state index contributed by atoms with van der Waals surface area (Å²) in [5.41, 5.74) is 4.43. The second-order valence-electron chi connectivity index (χ2n) is 10.00. The first-order chi connectivity index (χ1) is 17.5. The van der Waals surface area contributed by atoms with Crippen LogP contribution in [0.15, 0.2) is 40.9 Å². The number of aromatic nitrogens is 2. The lowest BCUT2D eigenvalue weighted by Gasteiger charge is -2.13. The van der Waals surface area contributed by atoms with Crippen LogP contribution in [0.5, 0.6) is 0 Å². The number of nitrogens with zero attached hydrogens (tertiary/aromatic N) is 2. The minimum atomic E-state index is -1.13. The summed E-state index contributed by atoms with van der Waals surface area (Å²) in [5.74, 6) is 0.111. The Bertz CT molecular complexity index is 1440. The van der Waals surface area contributed by atoms with Gasteiger partial charge in [0, 0.05) is 23.5 Å². The van der Waals surface area contributed by atoms with E-state index in [9.17, 15) is 14.3 Å². The van der Waals surface area contributed by atoms with Gasteiger partial charge < -0.3 is 14.4 Å². The van der Waals surface area contributed by atoms with Crippen molar-refractivity contribution in [2.24, 2.45) is 5.92 Å². The monoisotopic (exact) mass is 506 g/mol. The zero-order valence-electron chi connectivity index (χ0n) is 20.0. The van der Waals surface area contributed by atoms with Crippen LogP contribution in [0.2, 0.25) is 0 Å². The Morgan fingerprint density at radius 1 is 1.22 bits per heavy atom. The molecule has 1 N–H and O–H groups in total. The number of rotatable bonds is 8. The van der Waals surface area contributed by atoms with Gasteiger partial charge in [0.05, 0.1) is 28.0 Å². The lowest BCUT2D eigenvalue weighted by atomic mass is 10.0. The average molecular weight is 507 g/mol. The number of aromatic carboxylic acids is 1. The van der Waals surface area contributed by atoms with Crippen molar-refractivity contribution >= 4 is 27.5 Å². The van der Waals surface area contributed by atoms with Crippen LogP contribution in [-0.4, -0.2) is 27.3 Å². The number of carboxylic acid groups (broad SMARTS) is 1. The summed E-state index contributed by atoms with van der Waals surface area (Å²) in [7, 11) is 0. The molecule has 36 heavy (non-hydrogen) atoms. The zero-order chi connectivity index (χ0) is 24.8. The maximum Gasteiger partial charge on any atom is 0.335 e. The van der Waals surface area contributed by atoms with Crippen molar-refractivity contribution in [2.45, 2.75) is 64.1 Å². The number of ether oxygens (including phenoxy) is 1. The molecule has 2 aromatic heterocycles. The molecular formula is C28H27FN2O4S. The maximum absolute atomic E-state index is 14.4. The van der Waals surface area contributed by atoms with Crippen molar-refractivity contribution in [3.8, 4) is 11.3 Å². The Hall–Kier alpha value is -3.10. The first-order valence-electron chi connectivity index (χ1n) is 12.4. The van der Waals surface area contributed by atoms with Crippen molar-refractivity contribution in [3.05, 3.63) is 69.7 Å². The number of thiazole rings is 1. The molecule has 186 valence electrons. The standard InChI is InChI=1S/C28H27FN2O4S/c1-15-4-2-3-5-20(15)25-21(27(35-31-25)17-7-8-17)14-34-19-9-6-16(10-19)11-24-30-26-22(29)12-18(28(32)33)13-23(26)36-24/h2-5,12-13,16-17,19H,6-11,14H2,1H3,(H,32,33)/t16-,19?/m1/s1. The number of benzene rings is 2. The molecule has 2 aliphatic carbocycles. The van der Waals surface area contributed by atoms with E-state index in [4.69, 9.17) is 9.26 Å². The minimum absolute atomic E-state index is 0.0473. The highest BCUT2D eigenvalue weighted by Crippen LogP contribution is 2.45. The van der Waals surface area contributed by atoms with Crippen LogP contribution >= 0.6 is 11.3 Å². The van der Waals surface area contributed by atoms with Crippen LogP contribution < -0.4 is 0 Å². The molecule has 2 saturated carbocycles. The molecule has 0 aliphatic heterocycles. The fraction of sp³-hybridized carbons (Fsp3) is 0.393. The molecule has 0 amide bonds. The molecule has 2 heterocycles. The number of hydrogen-bond acceptors (Lipinski definition) is 6. The summed E-state index contributed by atoms with van der Waals surface area (Å²) in [4.78, 5) is 15.7. The van der Waals surface area contributed by atoms with Gasteiger partial charge in [-0.25, -0.2) is 14.2 Å². The number of fused-ring (bicyclic) bond motifs is 1. The molecule has 6 rings (SSSR count). The largest absolute Gasteiger partial charge is 0.478 e. The third-order valence-corrected chi connectivity index (χ3v) is 8.35. The normalized spacial score (nSPS) is 19.8. The predicted molar refractivity (Wildman–Crippen MR) is 135 cm³/mol. The van der Waals surface area contributed by atoms with Gasteiger partial charge >= 0.3 is 5.97 Å². The van der Waals surface area contributed by atoms with E-state index < -0.39 is 11.8 Å². The van der Waals surface area contributed by atoms with Crippen LogP contribution in [0, 0.1) is 18.7 Å². The molecule has 1 unspecified atom stereocenters. The molecule has 6 nitrogen and oxygen atoms in total. The van der Waals surface area contributed by atoms with Gasteiger partial charge in [0.15, 0.2) is 5.82 Å². The molecular weight excluding hydrogens is 479 g/mol. The van der Waals surface area contributed by atoms with Crippen LogP contribution in [0.1, 0.15) is 70.3 Å². The quantitative estimate of drug-likeness (QED) is 0.280. The first kappa shape index (κ1) is 23.3. The summed E-state index contributed by atoms with van der Waals surface area (Å²) < 4.78 is 27.1. The predicted octanol–water partition coefficient (Wildman–Crippen LogP) is 6.90.